The van der Waals surface area contributed by atoms with Crippen LogP contribution in [0.2, 0.25) is 0 Å². The monoisotopic (exact) mass is 239 g/mol. The van der Waals surface area contributed by atoms with Crippen LogP contribution in [-0.4, -0.2) is 23.9 Å². The average molecular weight is 239 g/mol. The molecule has 0 bridgehead atoms. The van der Waals surface area contributed by atoms with Crippen molar-refractivity contribution in [3.63, 3.8) is 0 Å². The van der Waals surface area contributed by atoms with Gasteiger partial charge in [-0.05, 0) is 32.3 Å². The van der Waals surface area contributed by atoms with Gasteiger partial charge in [-0.2, -0.15) is 0 Å². The molecule has 0 aliphatic rings. The molecule has 0 rings (SSSR count). The summed E-state index contributed by atoms with van der Waals surface area (Å²) >= 11 is 0. The summed E-state index contributed by atoms with van der Waals surface area (Å²) in [6.45, 7) is 8.05. The van der Waals surface area contributed by atoms with Gasteiger partial charge in [-0.15, -0.1) is 0 Å². The summed E-state index contributed by atoms with van der Waals surface area (Å²) in [4.78, 5) is 13.6. The van der Waals surface area contributed by atoms with E-state index in [1.54, 1.807) is 6.08 Å². The summed E-state index contributed by atoms with van der Waals surface area (Å²) < 4.78 is 0. The van der Waals surface area contributed by atoms with Crippen LogP contribution in [-0.2, 0) is 4.79 Å². The number of hydrogen-bond donors (Lipinski definition) is 0. The van der Waals surface area contributed by atoms with E-state index in [9.17, 15) is 4.79 Å². The first-order chi connectivity index (χ1) is 8.26. The second-order valence-electron chi connectivity index (χ2n) is 4.52. The Kier molecular flexibility index (Phi) is 11.1. The van der Waals surface area contributed by atoms with Gasteiger partial charge in [0.25, 0.3) is 0 Å². The molecule has 0 unspecified atom stereocenters. The second kappa shape index (κ2) is 11.7. The molecule has 0 fully saturated rings. The summed E-state index contributed by atoms with van der Waals surface area (Å²) in [5.41, 5.74) is 0. The molecular formula is C15H29NO. The molecule has 0 N–H and O–H groups in total. The van der Waals surface area contributed by atoms with Crippen LogP contribution in [0.1, 0.15) is 65.7 Å². The van der Waals surface area contributed by atoms with E-state index in [1.807, 2.05) is 17.9 Å². The van der Waals surface area contributed by atoms with Crippen molar-refractivity contribution in [1.29, 1.82) is 0 Å². The quantitative estimate of drug-likeness (QED) is 0.414. The minimum atomic E-state index is 0.169. The lowest BCUT2D eigenvalue weighted by Crippen LogP contribution is -2.29. The zero-order valence-electron chi connectivity index (χ0n) is 11.9. The number of amides is 1. The predicted molar refractivity (Wildman–Crippen MR) is 75.1 cm³/mol. The van der Waals surface area contributed by atoms with E-state index >= 15 is 0 Å². The van der Waals surface area contributed by atoms with Crippen molar-refractivity contribution in [3.8, 4) is 0 Å². The lowest BCUT2D eigenvalue weighted by molar-refractivity contribution is -0.125. The first-order valence-corrected chi connectivity index (χ1v) is 7.21. The van der Waals surface area contributed by atoms with Gasteiger partial charge >= 0.3 is 0 Å². The molecule has 0 spiro atoms. The molecule has 2 heteroatoms. The zero-order chi connectivity index (χ0) is 12.9. The van der Waals surface area contributed by atoms with Crippen molar-refractivity contribution < 1.29 is 4.79 Å². The first kappa shape index (κ1) is 16.2. The molecule has 0 saturated heterocycles. The third-order valence-electron chi connectivity index (χ3n) is 2.92. The van der Waals surface area contributed by atoms with Crippen LogP contribution in [0, 0.1) is 0 Å². The summed E-state index contributed by atoms with van der Waals surface area (Å²) in [7, 11) is 0. The fraction of sp³-hybridized carbons (Fsp3) is 0.800. The van der Waals surface area contributed by atoms with Crippen molar-refractivity contribution in [2.75, 3.05) is 13.1 Å². The standard InChI is InChI=1S/C15H29NO/c1-4-7-8-9-10-11-12-13-15(17)16(6-3)14-5-2/h12-13H,4-11,14H2,1-3H3/b13-12+. The molecule has 0 aliphatic heterocycles. The molecule has 2 nitrogen and oxygen atoms in total. The lowest BCUT2D eigenvalue weighted by atomic mass is 10.1. The molecular weight excluding hydrogens is 210 g/mol. The van der Waals surface area contributed by atoms with Gasteiger partial charge in [0, 0.05) is 13.1 Å². The molecule has 0 radical (unpaired) electrons. The third kappa shape index (κ3) is 8.96. The Labute approximate surface area is 107 Å². The Morgan fingerprint density at radius 1 is 1.00 bits per heavy atom. The molecule has 0 heterocycles. The Morgan fingerprint density at radius 3 is 2.29 bits per heavy atom. The summed E-state index contributed by atoms with van der Waals surface area (Å²) in [5, 5.41) is 0. The fourth-order valence-corrected chi connectivity index (χ4v) is 1.85. The summed E-state index contributed by atoms with van der Waals surface area (Å²) in [6.07, 6.45) is 12.3. The molecule has 0 aromatic rings. The smallest absolute Gasteiger partial charge is 0.246 e. The zero-order valence-corrected chi connectivity index (χ0v) is 11.9. The van der Waals surface area contributed by atoms with E-state index in [4.69, 9.17) is 0 Å². The predicted octanol–water partition coefficient (Wildman–Crippen LogP) is 4.16. The summed E-state index contributed by atoms with van der Waals surface area (Å²) in [5.74, 6) is 0.169. The van der Waals surface area contributed by atoms with Crippen LogP contribution in [0.4, 0.5) is 0 Å². The number of carbonyl (C=O) groups excluding carboxylic acids is 1. The Morgan fingerprint density at radius 2 is 1.71 bits per heavy atom. The fourth-order valence-electron chi connectivity index (χ4n) is 1.85. The topological polar surface area (TPSA) is 20.3 Å². The van der Waals surface area contributed by atoms with Crippen molar-refractivity contribution in [3.05, 3.63) is 12.2 Å². The summed E-state index contributed by atoms with van der Waals surface area (Å²) in [6, 6.07) is 0. The van der Waals surface area contributed by atoms with Crippen LogP contribution in [0.25, 0.3) is 0 Å². The molecule has 0 atom stereocenters. The average Bonchev–Trinajstić information content (AvgIpc) is 2.34. The Balaban J connectivity index is 3.64. The lowest BCUT2D eigenvalue weighted by Gasteiger charge is -2.17. The Hall–Kier alpha value is -0.790. The van der Waals surface area contributed by atoms with Gasteiger partial charge in [0.05, 0.1) is 0 Å². The number of carbonyl (C=O) groups is 1. The van der Waals surface area contributed by atoms with Crippen LogP contribution in [0.5, 0.6) is 0 Å². The van der Waals surface area contributed by atoms with Gasteiger partial charge in [-0.25, -0.2) is 0 Å². The molecule has 1 amide bonds. The van der Waals surface area contributed by atoms with E-state index < -0.39 is 0 Å². The van der Waals surface area contributed by atoms with Gasteiger partial charge in [-0.1, -0.05) is 45.6 Å². The van der Waals surface area contributed by atoms with Gasteiger partial charge in [0.15, 0.2) is 0 Å². The number of likely N-dealkylation sites (N-methyl/N-ethyl adjacent to an activating group) is 1. The SMILES string of the molecule is CCCCCCC/C=C/C(=O)N(CC)CCC. The molecule has 0 saturated carbocycles. The number of nitrogens with zero attached hydrogens (tertiary/aromatic N) is 1. The van der Waals surface area contributed by atoms with E-state index in [0.29, 0.717) is 0 Å². The third-order valence-corrected chi connectivity index (χ3v) is 2.92. The van der Waals surface area contributed by atoms with Gasteiger partial charge in [0.2, 0.25) is 5.91 Å². The van der Waals surface area contributed by atoms with Crippen molar-refractivity contribution in [2.45, 2.75) is 65.7 Å². The van der Waals surface area contributed by atoms with Gasteiger partial charge < -0.3 is 4.90 Å². The van der Waals surface area contributed by atoms with Crippen molar-refractivity contribution in [1.82, 2.24) is 4.90 Å². The highest BCUT2D eigenvalue weighted by molar-refractivity contribution is 5.87. The first-order valence-electron chi connectivity index (χ1n) is 7.21. The number of unbranched alkanes of at least 4 members (excludes halogenated alkanes) is 5. The minimum Gasteiger partial charge on any atom is -0.339 e. The highest BCUT2D eigenvalue weighted by atomic mass is 16.2. The molecule has 0 aliphatic carbocycles. The van der Waals surface area contributed by atoms with Gasteiger partial charge in [0.1, 0.15) is 0 Å². The van der Waals surface area contributed by atoms with Crippen LogP contribution in [0.15, 0.2) is 12.2 Å². The van der Waals surface area contributed by atoms with Crippen molar-refractivity contribution in [2.24, 2.45) is 0 Å². The van der Waals surface area contributed by atoms with Gasteiger partial charge in [-0.3, -0.25) is 4.79 Å². The molecule has 100 valence electrons. The molecule has 0 aromatic carbocycles. The maximum atomic E-state index is 11.7. The van der Waals surface area contributed by atoms with E-state index in [-0.39, 0.29) is 5.91 Å². The maximum Gasteiger partial charge on any atom is 0.246 e. The molecule has 0 aromatic heterocycles. The molecule has 17 heavy (non-hydrogen) atoms. The minimum absolute atomic E-state index is 0.169. The largest absolute Gasteiger partial charge is 0.339 e. The highest BCUT2D eigenvalue weighted by Gasteiger charge is 2.05. The van der Waals surface area contributed by atoms with Crippen LogP contribution >= 0.6 is 0 Å². The van der Waals surface area contributed by atoms with E-state index in [0.717, 1.165) is 25.9 Å². The van der Waals surface area contributed by atoms with E-state index in [2.05, 4.69) is 13.8 Å². The number of rotatable bonds is 10. The van der Waals surface area contributed by atoms with Crippen LogP contribution in [0.3, 0.4) is 0 Å². The van der Waals surface area contributed by atoms with Crippen LogP contribution < -0.4 is 0 Å². The highest BCUT2D eigenvalue weighted by Crippen LogP contribution is 2.05. The number of hydrogen-bond acceptors (Lipinski definition) is 1. The number of allylic oxidation sites excluding steroid dienone is 1. The normalized spacial score (nSPS) is 11.0. The van der Waals surface area contributed by atoms with Crippen molar-refractivity contribution >= 4 is 5.91 Å². The Bertz CT molecular complexity index is 211. The second-order valence-corrected chi connectivity index (χ2v) is 4.52. The maximum absolute atomic E-state index is 11.7. The van der Waals surface area contributed by atoms with E-state index in [1.165, 1.54) is 32.1 Å².